The summed E-state index contributed by atoms with van der Waals surface area (Å²) >= 11 is 0. The SMILES string of the molecule is F[C@H](OC(F)(F)[C@](F)(OC(F)(F)[C@@](F)(OC(F)(F)C(F)(F)C(F)(F)F)C(F)(F)F)C(F)(F)F)C(F)(F)F. The molecule has 0 aliphatic heterocycles. The molecule has 26 heteroatoms. The Morgan fingerprint density at radius 3 is 0.946 bits per heavy atom. The number of alkyl halides is 23. The van der Waals surface area contributed by atoms with Crippen LogP contribution in [0.4, 0.5) is 101 Å². The van der Waals surface area contributed by atoms with Gasteiger partial charge in [0.25, 0.3) is 6.36 Å². The van der Waals surface area contributed by atoms with Gasteiger partial charge in [-0.15, -0.1) is 0 Å². The fourth-order valence-corrected chi connectivity index (χ4v) is 1.49. The molecular formula is C11HF23O3. The number of halogens is 23. The summed E-state index contributed by atoms with van der Waals surface area (Å²) in [5.74, 6) is -25.1. The van der Waals surface area contributed by atoms with E-state index in [1.54, 1.807) is 0 Å². The van der Waals surface area contributed by atoms with Crippen molar-refractivity contribution in [1.29, 1.82) is 0 Å². The molecule has 3 nitrogen and oxygen atoms in total. The molecule has 0 aliphatic rings. The van der Waals surface area contributed by atoms with Crippen LogP contribution in [0.5, 0.6) is 0 Å². The summed E-state index contributed by atoms with van der Waals surface area (Å²) in [7, 11) is 0. The van der Waals surface area contributed by atoms with Crippen LogP contribution >= 0.6 is 0 Å². The molecule has 0 aromatic carbocycles. The normalized spacial score (nSPS) is 19.9. The molecule has 0 fully saturated rings. The smallest absolute Gasteiger partial charge is 0.272 e. The van der Waals surface area contributed by atoms with Gasteiger partial charge in [0, 0.05) is 0 Å². The average molecular weight is 618 g/mol. The fraction of sp³-hybridized carbons (Fsp3) is 1.00. The van der Waals surface area contributed by atoms with Gasteiger partial charge in [0.05, 0.1) is 0 Å². The van der Waals surface area contributed by atoms with Crippen LogP contribution in [-0.4, -0.2) is 67.0 Å². The second-order valence-corrected chi connectivity index (χ2v) is 5.99. The maximum absolute atomic E-state index is 13.8. The topological polar surface area (TPSA) is 27.7 Å². The third-order valence-corrected chi connectivity index (χ3v) is 3.25. The van der Waals surface area contributed by atoms with E-state index in [-0.39, 0.29) is 0 Å². The van der Waals surface area contributed by atoms with E-state index >= 15 is 0 Å². The first-order valence-electron chi connectivity index (χ1n) is 7.42. The third kappa shape index (κ3) is 6.30. The summed E-state index contributed by atoms with van der Waals surface area (Å²) in [4.78, 5) is 0. The monoisotopic (exact) mass is 618 g/mol. The van der Waals surface area contributed by atoms with Crippen molar-refractivity contribution in [3.05, 3.63) is 0 Å². The second-order valence-electron chi connectivity index (χ2n) is 5.99. The van der Waals surface area contributed by atoms with Crippen molar-refractivity contribution in [3.63, 3.8) is 0 Å². The lowest BCUT2D eigenvalue weighted by Crippen LogP contribution is -2.70. The van der Waals surface area contributed by atoms with E-state index in [9.17, 15) is 101 Å². The zero-order valence-electron chi connectivity index (χ0n) is 15.5. The van der Waals surface area contributed by atoms with Crippen LogP contribution in [0.15, 0.2) is 0 Å². The number of hydrogen-bond acceptors (Lipinski definition) is 3. The molecule has 0 unspecified atom stereocenters. The Kier molecular flexibility index (Phi) is 8.75. The van der Waals surface area contributed by atoms with Gasteiger partial charge in [0.1, 0.15) is 0 Å². The van der Waals surface area contributed by atoms with E-state index in [0.717, 1.165) is 9.47 Å². The van der Waals surface area contributed by atoms with E-state index in [4.69, 9.17) is 0 Å². The Morgan fingerprint density at radius 2 is 0.676 bits per heavy atom. The van der Waals surface area contributed by atoms with Crippen LogP contribution in [0, 0.1) is 0 Å². The van der Waals surface area contributed by atoms with Gasteiger partial charge in [-0.3, -0.25) is 14.2 Å². The number of hydrogen-bond donors (Lipinski definition) is 0. The minimum absolute atomic E-state index is 1.01. The van der Waals surface area contributed by atoms with Gasteiger partial charge in [-0.05, 0) is 0 Å². The molecule has 0 N–H and O–H groups in total. The van der Waals surface area contributed by atoms with E-state index < -0.39 is 67.0 Å². The van der Waals surface area contributed by atoms with Crippen molar-refractivity contribution >= 4 is 0 Å². The van der Waals surface area contributed by atoms with Crippen molar-refractivity contribution < 1.29 is 115 Å². The van der Waals surface area contributed by atoms with E-state index in [1.165, 1.54) is 4.74 Å². The molecular weight excluding hydrogens is 617 g/mol. The highest BCUT2D eigenvalue weighted by Crippen LogP contribution is 2.58. The van der Waals surface area contributed by atoms with Crippen molar-refractivity contribution in [3.8, 4) is 0 Å². The van der Waals surface area contributed by atoms with Crippen molar-refractivity contribution in [2.45, 2.75) is 67.0 Å². The van der Waals surface area contributed by atoms with Gasteiger partial charge < -0.3 is 0 Å². The van der Waals surface area contributed by atoms with Crippen LogP contribution in [0.3, 0.4) is 0 Å². The zero-order chi connectivity index (χ0) is 30.7. The molecule has 0 amide bonds. The first kappa shape index (κ1) is 35.3. The van der Waals surface area contributed by atoms with Gasteiger partial charge >= 0.3 is 60.7 Å². The summed E-state index contributed by atoms with van der Waals surface area (Å²) in [5.41, 5.74) is 0. The van der Waals surface area contributed by atoms with Crippen LogP contribution in [0.2, 0.25) is 0 Å². The molecule has 0 saturated carbocycles. The Hall–Kier alpha value is -1.73. The van der Waals surface area contributed by atoms with Crippen LogP contribution in [-0.2, 0) is 14.2 Å². The molecule has 0 heterocycles. The first-order valence-corrected chi connectivity index (χ1v) is 7.42. The Bertz CT molecular complexity index is 790. The number of ether oxygens (including phenoxy) is 3. The maximum atomic E-state index is 13.8. The molecule has 0 aromatic rings. The lowest BCUT2D eigenvalue weighted by Gasteiger charge is -2.41. The highest BCUT2D eigenvalue weighted by molar-refractivity contribution is 4.96. The Labute approximate surface area is 184 Å². The fourth-order valence-electron chi connectivity index (χ4n) is 1.49. The van der Waals surface area contributed by atoms with Gasteiger partial charge in [0.15, 0.2) is 0 Å². The molecule has 224 valence electrons. The molecule has 3 atom stereocenters. The molecule has 37 heavy (non-hydrogen) atoms. The zero-order valence-corrected chi connectivity index (χ0v) is 15.5. The predicted octanol–water partition coefficient (Wildman–Crippen LogP) is 7.33. The highest BCUT2D eigenvalue weighted by atomic mass is 19.4. The van der Waals surface area contributed by atoms with E-state index in [1.807, 2.05) is 0 Å². The van der Waals surface area contributed by atoms with Crippen molar-refractivity contribution in [2.24, 2.45) is 0 Å². The lowest BCUT2D eigenvalue weighted by atomic mass is 10.2. The predicted molar refractivity (Wildman–Crippen MR) is 59.8 cm³/mol. The largest absolute Gasteiger partial charge is 0.462 e. The van der Waals surface area contributed by atoms with Crippen LogP contribution < -0.4 is 0 Å². The molecule has 0 rings (SSSR count). The van der Waals surface area contributed by atoms with Gasteiger partial charge in [-0.1, -0.05) is 0 Å². The second kappa shape index (κ2) is 9.18. The molecule has 0 spiro atoms. The summed E-state index contributed by atoms with van der Waals surface area (Å²) in [6.45, 7) is 0. The average Bonchev–Trinajstić information content (AvgIpc) is 2.56. The van der Waals surface area contributed by atoms with Gasteiger partial charge in [0.2, 0.25) is 0 Å². The summed E-state index contributed by atoms with van der Waals surface area (Å²) in [6, 6.07) is 0. The number of rotatable bonds is 9. The van der Waals surface area contributed by atoms with Crippen LogP contribution in [0.1, 0.15) is 0 Å². The Morgan fingerprint density at radius 1 is 0.378 bits per heavy atom. The summed E-state index contributed by atoms with van der Waals surface area (Å²) in [6.07, 6.45) is -61.9. The molecule has 0 saturated heterocycles. The molecule has 0 aliphatic carbocycles. The van der Waals surface area contributed by atoms with Gasteiger partial charge in [-0.25, -0.2) is 4.39 Å². The molecule has 0 radical (unpaired) electrons. The highest BCUT2D eigenvalue weighted by Gasteiger charge is 2.87. The van der Waals surface area contributed by atoms with E-state index in [2.05, 4.69) is 0 Å². The van der Waals surface area contributed by atoms with E-state index in [0.29, 0.717) is 0 Å². The maximum Gasteiger partial charge on any atom is 0.462 e. The van der Waals surface area contributed by atoms with Gasteiger partial charge in [-0.2, -0.15) is 96.6 Å². The van der Waals surface area contributed by atoms with Crippen molar-refractivity contribution in [2.75, 3.05) is 0 Å². The van der Waals surface area contributed by atoms with Crippen molar-refractivity contribution in [1.82, 2.24) is 0 Å². The standard InChI is InChI=1S/C11HF23O3/c12-1(2(13,14)15)35-10(31,32)4(18,7(23,24)25)37-11(33,34)5(19,8(26,27)28)36-9(29,30)3(16,17)6(20,21)22/h1H/t1-,4-,5+/m1/s1. The quantitative estimate of drug-likeness (QED) is 0.254. The first-order chi connectivity index (χ1) is 15.5. The lowest BCUT2D eigenvalue weighted by molar-refractivity contribution is -0.575. The third-order valence-electron chi connectivity index (χ3n) is 3.25. The minimum Gasteiger partial charge on any atom is -0.272 e. The Balaban J connectivity index is 6.96. The summed E-state index contributed by atoms with van der Waals surface area (Å²) in [5, 5.41) is 0. The molecule has 0 bridgehead atoms. The summed E-state index contributed by atoms with van der Waals surface area (Å²) < 4.78 is 295. The minimum atomic E-state index is -8.60. The molecule has 0 aromatic heterocycles. The van der Waals surface area contributed by atoms with Crippen LogP contribution in [0.25, 0.3) is 0 Å².